The summed E-state index contributed by atoms with van der Waals surface area (Å²) < 4.78 is 0. The third-order valence-corrected chi connectivity index (χ3v) is 20.7. The van der Waals surface area contributed by atoms with E-state index in [4.69, 9.17) is 0 Å². The van der Waals surface area contributed by atoms with Crippen LogP contribution in [-0.2, 0) is 21.7 Å². The highest BCUT2D eigenvalue weighted by Crippen LogP contribution is 2.62. The normalized spacial score (nSPS) is 16.9. The first-order valence-corrected chi connectivity index (χ1v) is 27.2. The molecule has 0 aromatic heterocycles. The van der Waals surface area contributed by atoms with Gasteiger partial charge in [0.1, 0.15) is 0 Å². The second kappa shape index (κ2) is 14.7. The maximum Gasteiger partial charge on any atom is 0.0465 e. The minimum absolute atomic E-state index is 0.0343. The summed E-state index contributed by atoms with van der Waals surface area (Å²) in [5.41, 5.74) is 25.0. The van der Waals surface area contributed by atoms with Crippen LogP contribution in [0.4, 0.5) is 17.1 Å². The molecular weight excluding hydrogens is 903 g/mol. The van der Waals surface area contributed by atoms with E-state index in [1.54, 1.807) is 0 Å². The molecule has 70 heavy (non-hydrogen) atoms. The van der Waals surface area contributed by atoms with Crippen LogP contribution >= 0.6 is 35.3 Å². The molecule has 0 fully saturated rings. The van der Waals surface area contributed by atoms with Gasteiger partial charge in [0.25, 0.3) is 0 Å². The molecule has 0 N–H and O–H groups in total. The zero-order valence-corrected chi connectivity index (χ0v) is 43.4. The van der Waals surface area contributed by atoms with Crippen LogP contribution in [0.5, 0.6) is 0 Å². The van der Waals surface area contributed by atoms with E-state index in [1.165, 1.54) is 130 Å². The van der Waals surface area contributed by atoms with E-state index in [1.807, 2.05) is 35.3 Å². The molecule has 340 valence electrons. The van der Waals surface area contributed by atoms with Gasteiger partial charge in [0, 0.05) is 79.2 Å². The lowest BCUT2D eigenvalue weighted by atomic mass is 9.75. The third-order valence-electron chi connectivity index (χ3n) is 16.8. The lowest BCUT2D eigenvalue weighted by Gasteiger charge is -2.36. The van der Waals surface area contributed by atoms with E-state index < -0.39 is 0 Å². The predicted octanol–water partition coefficient (Wildman–Crippen LogP) is 19.1. The monoisotopic (exact) mass is 955 g/mol. The third kappa shape index (κ3) is 5.79. The molecule has 0 unspecified atom stereocenters. The number of anilines is 3. The topological polar surface area (TPSA) is 3.24 Å². The number of nitrogens with zero attached hydrogens (tertiary/aromatic N) is 1. The average Bonchev–Trinajstić information content (AvgIpc) is 3.85. The van der Waals surface area contributed by atoms with Crippen molar-refractivity contribution in [2.75, 3.05) is 4.90 Å². The van der Waals surface area contributed by atoms with Crippen molar-refractivity contribution in [1.82, 2.24) is 0 Å². The van der Waals surface area contributed by atoms with Crippen molar-refractivity contribution < 1.29 is 0 Å². The number of hydrogen-bond acceptors (Lipinski definition) is 4. The first-order chi connectivity index (χ1) is 33.7. The van der Waals surface area contributed by atoms with E-state index in [0.717, 1.165) is 5.69 Å². The Kier molecular flexibility index (Phi) is 8.96. The first kappa shape index (κ1) is 42.7. The minimum atomic E-state index is -0.187. The van der Waals surface area contributed by atoms with Gasteiger partial charge in [-0.1, -0.05) is 212 Å². The van der Waals surface area contributed by atoms with Crippen molar-refractivity contribution in [3.63, 3.8) is 0 Å². The lowest BCUT2D eigenvalue weighted by molar-refractivity contribution is 0.604. The summed E-state index contributed by atoms with van der Waals surface area (Å²) in [5, 5.41) is 0. The molecule has 0 atom stereocenters. The van der Waals surface area contributed by atoms with Gasteiger partial charge < -0.3 is 4.90 Å². The highest BCUT2D eigenvalue weighted by Gasteiger charge is 2.43. The molecule has 0 saturated heterocycles. The van der Waals surface area contributed by atoms with Gasteiger partial charge in [0.15, 0.2) is 0 Å². The van der Waals surface area contributed by atoms with Crippen LogP contribution < -0.4 is 4.90 Å². The molecule has 1 nitrogen and oxygen atoms in total. The van der Waals surface area contributed by atoms with Gasteiger partial charge in [0.05, 0.1) is 0 Å². The Morgan fingerprint density at radius 3 is 1.50 bits per heavy atom. The molecular formula is C66H53NS3. The van der Waals surface area contributed by atoms with Gasteiger partial charge in [-0.3, -0.25) is 0 Å². The molecule has 5 aliphatic rings. The van der Waals surface area contributed by atoms with Gasteiger partial charge in [-0.05, 0) is 132 Å². The molecule has 9 aromatic carbocycles. The zero-order chi connectivity index (χ0) is 47.6. The summed E-state index contributed by atoms with van der Waals surface area (Å²) >= 11 is 5.84. The van der Waals surface area contributed by atoms with E-state index in [9.17, 15) is 0 Å². The number of fused-ring (bicyclic) bond motifs is 15. The molecule has 0 saturated carbocycles. The van der Waals surface area contributed by atoms with Crippen LogP contribution in [0.3, 0.4) is 0 Å². The van der Waals surface area contributed by atoms with Crippen LogP contribution in [0, 0.1) is 0 Å². The van der Waals surface area contributed by atoms with Crippen LogP contribution in [0.1, 0.15) is 99.9 Å². The summed E-state index contributed by atoms with van der Waals surface area (Å²) in [7, 11) is 0. The Morgan fingerprint density at radius 2 is 0.757 bits per heavy atom. The molecule has 0 amide bonds. The molecule has 2 aliphatic heterocycles. The van der Waals surface area contributed by atoms with Gasteiger partial charge in [-0.25, -0.2) is 0 Å². The molecule has 3 aliphatic carbocycles. The number of hydrogen-bond donors (Lipinski definition) is 0. The largest absolute Gasteiger partial charge is 0.310 e. The van der Waals surface area contributed by atoms with Gasteiger partial charge in [0.2, 0.25) is 0 Å². The van der Waals surface area contributed by atoms with Crippen molar-refractivity contribution in [3.05, 3.63) is 220 Å². The average molecular weight is 956 g/mol. The Labute approximate surface area is 425 Å². The summed E-state index contributed by atoms with van der Waals surface area (Å²) in [6.07, 6.45) is 0. The Bertz CT molecular complexity index is 3760. The van der Waals surface area contributed by atoms with Crippen LogP contribution in [0.25, 0.3) is 44.5 Å². The van der Waals surface area contributed by atoms with E-state index in [2.05, 4.69) is 236 Å². The lowest BCUT2D eigenvalue weighted by Crippen LogP contribution is -2.24. The van der Waals surface area contributed by atoms with Crippen molar-refractivity contribution in [2.24, 2.45) is 0 Å². The van der Waals surface area contributed by atoms with Crippen LogP contribution in [0.15, 0.2) is 205 Å². The highest BCUT2D eigenvalue weighted by molar-refractivity contribution is 8.05. The SMILES string of the molecule is CC1(C)c2ccccc2-c2ccc(N(c3ccc(-c4cccc5c4Sc4c(ccc6c4-c4ccccc4C6(C)C)S5)cc3)c3ccc4c(c3)C(C)(C)c3ccc5c(c3-4)Sc3ccccc3C5(C)C)cc21. The highest BCUT2D eigenvalue weighted by atomic mass is 32.2. The summed E-state index contributed by atoms with van der Waals surface area (Å²) in [4.78, 5) is 10.7. The van der Waals surface area contributed by atoms with Gasteiger partial charge in [-0.2, -0.15) is 0 Å². The minimum Gasteiger partial charge on any atom is -0.310 e. The molecule has 0 bridgehead atoms. The zero-order valence-electron chi connectivity index (χ0n) is 40.9. The van der Waals surface area contributed by atoms with Crippen LogP contribution in [-0.4, -0.2) is 0 Å². The van der Waals surface area contributed by atoms with Crippen molar-refractivity contribution in [2.45, 2.75) is 106 Å². The predicted molar refractivity (Wildman–Crippen MR) is 297 cm³/mol. The molecule has 14 rings (SSSR count). The van der Waals surface area contributed by atoms with Gasteiger partial charge >= 0.3 is 0 Å². The molecule has 0 spiro atoms. The molecule has 9 aromatic rings. The Hall–Kier alpha value is -6.17. The maximum absolute atomic E-state index is 2.51. The number of benzene rings is 9. The Balaban J connectivity index is 0.892. The number of rotatable bonds is 4. The van der Waals surface area contributed by atoms with Gasteiger partial charge in [-0.15, -0.1) is 0 Å². The first-order valence-electron chi connectivity index (χ1n) is 24.7. The quantitative estimate of drug-likeness (QED) is 0.173. The smallest absolute Gasteiger partial charge is 0.0465 e. The molecule has 4 heteroatoms. The van der Waals surface area contributed by atoms with Crippen molar-refractivity contribution in [3.8, 4) is 44.5 Å². The second-order valence-corrected chi connectivity index (χ2v) is 25.2. The van der Waals surface area contributed by atoms with E-state index >= 15 is 0 Å². The van der Waals surface area contributed by atoms with E-state index in [0.29, 0.717) is 0 Å². The summed E-state index contributed by atoms with van der Waals surface area (Å²) in [6, 6.07) is 67.4. The summed E-state index contributed by atoms with van der Waals surface area (Å²) in [6.45, 7) is 19.2. The summed E-state index contributed by atoms with van der Waals surface area (Å²) in [5.74, 6) is 0. The second-order valence-electron chi connectivity index (χ2n) is 22.0. The van der Waals surface area contributed by atoms with Crippen molar-refractivity contribution >= 4 is 52.3 Å². The van der Waals surface area contributed by atoms with Crippen molar-refractivity contribution in [1.29, 1.82) is 0 Å². The fourth-order valence-corrected chi connectivity index (χ4v) is 17.1. The molecule has 0 radical (unpaired) electrons. The van der Waals surface area contributed by atoms with E-state index in [-0.39, 0.29) is 21.7 Å². The molecule has 2 heterocycles. The fraction of sp³-hybridized carbons (Fsp3) is 0.182. The van der Waals surface area contributed by atoms with Crippen LogP contribution in [0.2, 0.25) is 0 Å². The fourth-order valence-electron chi connectivity index (χ4n) is 13.0. The Morgan fingerprint density at radius 1 is 0.286 bits per heavy atom. The standard InChI is InChI=1S/C66H53NS3/c1-63(2)48-20-12-10-17-45(48)59-51(63)34-35-57-62(59)70-60-42(18-15-23-56(60)68-57)38-24-26-39(27-25-38)67(40-28-30-44-43-16-9-11-19-47(43)64(3,4)53(44)36-40)41-29-31-46-54(37-41)66(7,8)50-32-33-52-61(58(46)50)69-55-22-14-13-21-49(55)65(52,5)6/h9-37H,1-8H3. The maximum atomic E-state index is 2.51.